The van der Waals surface area contributed by atoms with Gasteiger partial charge >= 0.3 is 0 Å². The molecule has 1 aromatic carbocycles. The summed E-state index contributed by atoms with van der Waals surface area (Å²) >= 11 is 6.07. The molecule has 1 aliphatic rings. The molecule has 1 saturated heterocycles. The molecule has 1 aliphatic heterocycles. The van der Waals surface area contributed by atoms with Gasteiger partial charge in [0.1, 0.15) is 0 Å². The Kier molecular flexibility index (Phi) is 3.54. The molecule has 1 fully saturated rings. The number of alkyl halides is 2. The predicted molar refractivity (Wildman–Crippen MR) is 65.8 cm³/mol. The molecule has 0 aromatic heterocycles. The average molecular weight is 261 g/mol. The van der Waals surface area contributed by atoms with E-state index in [1.54, 1.807) is 6.07 Å². The molecule has 0 spiro atoms. The predicted octanol–water partition coefficient (Wildman–Crippen LogP) is 2.90. The Morgan fingerprint density at radius 1 is 1.24 bits per heavy atom. The van der Waals surface area contributed by atoms with E-state index in [1.165, 1.54) is 0 Å². The number of hydrogen-bond acceptors (Lipinski definition) is 2. The first-order valence-electron chi connectivity index (χ1n) is 5.59. The van der Waals surface area contributed by atoms with E-state index in [1.807, 2.05) is 23.1 Å². The van der Waals surface area contributed by atoms with E-state index in [9.17, 15) is 8.78 Å². The quantitative estimate of drug-likeness (QED) is 0.886. The molecule has 2 nitrogen and oxygen atoms in total. The number of hydrogen-bond donors (Lipinski definition) is 1. The Hall–Kier alpha value is -0.870. The first-order chi connectivity index (χ1) is 8.03. The highest BCUT2D eigenvalue weighted by Crippen LogP contribution is 2.32. The van der Waals surface area contributed by atoms with Gasteiger partial charge in [-0.05, 0) is 25.0 Å². The Morgan fingerprint density at radius 3 is 2.35 bits per heavy atom. The lowest BCUT2D eigenvalue weighted by Gasteiger charge is -2.39. The molecule has 0 atom stereocenters. The largest absolute Gasteiger partial charge is 0.370 e. The zero-order chi connectivity index (χ0) is 12.5. The third kappa shape index (κ3) is 2.53. The van der Waals surface area contributed by atoms with Gasteiger partial charge in [0.25, 0.3) is 6.43 Å². The fourth-order valence-corrected chi connectivity index (χ4v) is 2.35. The summed E-state index contributed by atoms with van der Waals surface area (Å²) in [4.78, 5) is 2.01. The highest BCUT2D eigenvalue weighted by molar-refractivity contribution is 6.33. The minimum Gasteiger partial charge on any atom is -0.370 e. The van der Waals surface area contributed by atoms with Crippen molar-refractivity contribution >= 4 is 17.3 Å². The second-order valence-electron chi connectivity index (χ2n) is 4.47. The van der Waals surface area contributed by atoms with Crippen LogP contribution in [0.5, 0.6) is 0 Å². The van der Waals surface area contributed by atoms with Crippen molar-refractivity contribution < 1.29 is 8.78 Å². The molecule has 0 amide bonds. The Morgan fingerprint density at radius 2 is 1.82 bits per heavy atom. The maximum Gasteiger partial charge on any atom is 0.256 e. The molecular weight excluding hydrogens is 246 g/mol. The van der Waals surface area contributed by atoms with E-state index in [4.69, 9.17) is 17.3 Å². The third-order valence-electron chi connectivity index (χ3n) is 3.32. The van der Waals surface area contributed by atoms with Crippen LogP contribution in [0.4, 0.5) is 14.5 Å². The van der Waals surface area contributed by atoms with Crippen LogP contribution in [0.1, 0.15) is 12.8 Å². The molecule has 1 aromatic rings. The van der Waals surface area contributed by atoms with Gasteiger partial charge in [-0.1, -0.05) is 23.7 Å². The zero-order valence-corrected chi connectivity index (χ0v) is 10.1. The molecular formula is C12H15ClF2N2. The van der Waals surface area contributed by atoms with Crippen LogP contribution in [0.2, 0.25) is 5.02 Å². The summed E-state index contributed by atoms with van der Waals surface area (Å²) in [5, 5.41) is 0.647. The van der Waals surface area contributed by atoms with Crippen LogP contribution >= 0.6 is 11.6 Å². The highest BCUT2D eigenvalue weighted by Gasteiger charge is 2.39. The monoisotopic (exact) mass is 260 g/mol. The number of piperidine rings is 1. The molecule has 94 valence electrons. The number of para-hydroxylation sites is 1. The van der Waals surface area contributed by atoms with Crippen molar-refractivity contribution in [1.82, 2.24) is 0 Å². The minimum absolute atomic E-state index is 0.288. The van der Waals surface area contributed by atoms with Crippen LogP contribution < -0.4 is 10.6 Å². The fraction of sp³-hybridized carbons (Fsp3) is 0.500. The standard InChI is InChI=1S/C12H15ClF2N2/c13-9-3-1-2-4-10(9)17-7-5-12(16,6-8-17)11(14)15/h1-4,11H,5-8,16H2. The van der Waals surface area contributed by atoms with Gasteiger partial charge in [0.15, 0.2) is 0 Å². The van der Waals surface area contributed by atoms with Crippen molar-refractivity contribution in [3.8, 4) is 0 Å². The lowest BCUT2D eigenvalue weighted by molar-refractivity contribution is 0.0391. The first-order valence-corrected chi connectivity index (χ1v) is 5.97. The Balaban J connectivity index is 2.07. The van der Waals surface area contributed by atoms with Gasteiger partial charge in [0.05, 0.1) is 16.2 Å². The lowest BCUT2D eigenvalue weighted by Crippen LogP contribution is -2.55. The normalized spacial score (nSPS) is 19.7. The van der Waals surface area contributed by atoms with Crippen LogP contribution in [-0.4, -0.2) is 25.1 Å². The lowest BCUT2D eigenvalue weighted by atomic mass is 9.89. The number of nitrogens with two attached hydrogens (primary N) is 1. The van der Waals surface area contributed by atoms with Crippen molar-refractivity contribution in [3.05, 3.63) is 29.3 Å². The van der Waals surface area contributed by atoms with Gasteiger partial charge in [-0.15, -0.1) is 0 Å². The van der Waals surface area contributed by atoms with Crippen molar-refractivity contribution in [2.24, 2.45) is 5.73 Å². The van der Waals surface area contributed by atoms with Crippen LogP contribution in [0, 0.1) is 0 Å². The van der Waals surface area contributed by atoms with Crippen LogP contribution in [-0.2, 0) is 0 Å². The number of halogens is 3. The first kappa shape index (κ1) is 12.6. The highest BCUT2D eigenvalue weighted by atomic mass is 35.5. The second-order valence-corrected chi connectivity index (χ2v) is 4.88. The van der Waals surface area contributed by atoms with E-state index < -0.39 is 12.0 Å². The molecule has 5 heteroatoms. The summed E-state index contributed by atoms with van der Waals surface area (Å²) in [5.41, 5.74) is 5.23. The van der Waals surface area contributed by atoms with Crippen LogP contribution in [0.15, 0.2) is 24.3 Å². The average Bonchev–Trinajstić information content (AvgIpc) is 2.31. The van der Waals surface area contributed by atoms with Gasteiger partial charge in [-0.3, -0.25) is 0 Å². The number of anilines is 1. The summed E-state index contributed by atoms with van der Waals surface area (Å²) in [6.45, 7) is 1.04. The molecule has 0 aliphatic carbocycles. The summed E-state index contributed by atoms with van der Waals surface area (Å²) in [7, 11) is 0. The number of rotatable bonds is 2. The minimum atomic E-state index is -2.46. The third-order valence-corrected chi connectivity index (χ3v) is 3.64. The maximum atomic E-state index is 12.7. The smallest absolute Gasteiger partial charge is 0.256 e. The molecule has 0 radical (unpaired) electrons. The van der Waals surface area contributed by atoms with Crippen LogP contribution in [0.3, 0.4) is 0 Å². The molecule has 0 bridgehead atoms. The SMILES string of the molecule is NC1(C(F)F)CCN(c2ccccc2Cl)CC1. The van der Waals surface area contributed by atoms with Gasteiger partial charge in [-0.2, -0.15) is 0 Å². The molecule has 2 rings (SSSR count). The number of nitrogens with zero attached hydrogens (tertiary/aromatic N) is 1. The van der Waals surface area contributed by atoms with Crippen molar-refractivity contribution in [2.75, 3.05) is 18.0 Å². The van der Waals surface area contributed by atoms with Crippen molar-refractivity contribution in [3.63, 3.8) is 0 Å². The molecule has 0 unspecified atom stereocenters. The fourth-order valence-electron chi connectivity index (χ4n) is 2.09. The zero-order valence-electron chi connectivity index (χ0n) is 9.37. The van der Waals surface area contributed by atoms with Crippen molar-refractivity contribution in [1.29, 1.82) is 0 Å². The molecule has 1 heterocycles. The molecule has 0 saturated carbocycles. The van der Waals surface area contributed by atoms with Crippen molar-refractivity contribution in [2.45, 2.75) is 24.8 Å². The maximum absolute atomic E-state index is 12.7. The summed E-state index contributed by atoms with van der Waals surface area (Å²) in [6, 6.07) is 7.43. The van der Waals surface area contributed by atoms with E-state index in [0.717, 1.165) is 5.69 Å². The number of benzene rings is 1. The summed E-state index contributed by atoms with van der Waals surface area (Å²) in [5.74, 6) is 0. The second kappa shape index (κ2) is 4.78. The van der Waals surface area contributed by atoms with E-state index in [0.29, 0.717) is 18.1 Å². The summed E-state index contributed by atoms with van der Waals surface area (Å²) in [6.07, 6.45) is -1.89. The van der Waals surface area contributed by atoms with Gasteiger partial charge in [-0.25, -0.2) is 8.78 Å². The Bertz CT molecular complexity index is 390. The van der Waals surface area contributed by atoms with E-state index in [2.05, 4.69) is 0 Å². The van der Waals surface area contributed by atoms with E-state index >= 15 is 0 Å². The molecule has 17 heavy (non-hydrogen) atoms. The Labute approximate surface area is 104 Å². The van der Waals surface area contributed by atoms with Gasteiger partial charge < -0.3 is 10.6 Å². The van der Waals surface area contributed by atoms with Gasteiger partial charge in [0.2, 0.25) is 0 Å². The van der Waals surface area contributed by atoms with E-state index in [-0.39, 0.29) is 12.8 Å². The van der Waals surface area contributed by atoms with Crippen LogP contribution in [0.25, 0.3) is 0 Å². The topological polar surface area (TPSA) is 29.3 Å². The van der Waals surface area contributed by atoms with Gasteiger partial charge in [0, 0.05) is 13.1 Å². The molecule has 2 N–H and O–H groups in total. The summed E-state index contributed by atoms with van der Waals surface area (Å²) < 4.78 is 25.5.